The van der Waals surface area contributed by atoms with Gasteiger partial charge in [-0.25, -0.2) is 0 Å². The number of hydrogen-bond donors (Lipinski definition) is 1. The van der Waals surface area contributed by atoms with Gasteiger partial charge in [0, 0.05) is 57.1 Å². The summed E-state index contributed by atoms with van der Waals surface area (Å²) < 4.78 is 13.6. The van der Waals surface area contributed by atoms with Gasteiger partial charge in [-0.05, 0) is 136 Å². The van der Waals surface area contributed by atoms with Crippen LogP contribution in [0.1, 0.15) is 125 Å². The predicted octanol–water partition coefficient (Wildman–Crippen LogP) is 6.57. The zero-order chi connectivity index (χ0) is 35.7. The van der Waals surface area contributed by atoms with E-state index in [1.807, 2.05) is 4.90 Å². The standard InChI is InChI=1S/C43H72N4O4/c1-28(2)26-45-17-12-33(13-18-45)46-19-21-47(22-20-46)39(49)25-38(48)44-32-10-14-41(5)31(23-32)7-8-34-35(41)11-15-42(6)36(34)24-37-40(42)30(4)43(51-37)16-9-29(3)27-50-43/h28-37,40H,7-27H2,1-6H3,(H,44,48)/t29-,30+,31-,32-,34-,35?,36+,37+,40+,41+,42+,43-/m1/s1. The molecule has 2 amide bonds. The molecule has 1 spiro atoms. The molecule has 8 rings (SSSR count). The summed E-state index contributed by atoms with van der Waals surface area (Å²) in [5, 5.41) is 3.36. The highest BCUT2D eigenvalue weighted by Gasteiger charge is 2.69. The summed E-state index contributed by atoms with van der Waals surface area (Å²) in [7, 11) is 0. The third kappa shape index (κ3) is 6.64. The number of ether oxygens (including phenoxy) is 2. The lowest BCUT2D eigenvalue weighted by atomic mass is 9.44. The maximum absolute atomic E-state index is 13.3. The normalized spacial score (nSPS) is 46.4. The lowest BCUT2D eigenvalue weighted by Gasteiger charge is -2.61. The Morgan fingerprint density at radius 1 is 0.824 bits per heavy atom. The Balaban J connectivity index is 0.804. The zero-order valence-corrected chi connectivity index (χ0v) is 33.2. The number of rotatable bonds is 6. The molecule has 8 nitrogen and oxygen atoms in total. The molecule has 1 unspecified atom stereocenters. The van der Waals surface area contributed by atoms with Crippen LogP contribution in [0.5, 0.6) is 0 Å². The van der Waals surface area contributed by atoms with Gasteiger partial charge in [0.1, 0.15) is 6.42 Å². The number of amides is 2. The molecule has 0 aromatic carbocycles. The molecule has 4 heterocycles. The molecule has 8 fully saturated rings. The Morgan fingerprint density at radius 2 is 1.57 bits per heavy atom. The first-order valence-electron chi connectivity index (χ1n) is 21.7. The van der Waals surface area contributed by atoms with Crippen LogP contribution in [0.15, 0.2) is 0 Å². The van der Waals surface area contributed by atoms with Crippen molar-refractivity contribution in [3.63, 3.8) is 0 Å². The quantitative estimate of drug-likeness (QED) is 0.315. The third-order valence-electron chi connectivity index (χ3n) is 17.0. The summed E-state index contributed by atoms with van der Waals surface area (Å²) in [4.78, 5) is 33.7. The second-order valence-corrected chi connectivity index (χ2v) is 20.2. The molecule has 4 saturated heterocycles. The van der Waals surface area contributed by atoms with Crippen molar-refractivity contribution in [2.45, 2.75) is 149 Å². The van der Waals surface area contributed by atoms with E-state index in [2.05, 4.69) is 56.7 Å². The topological polar surface area (TPSA) is 74.4 Å². The molecule has 8 aliphatic rings. The van der Waals surface area contributed by atoms with Gasteiger partial charge in [0.05, 0.1) is 12.7 Å². The molecule has 8 heteroatoms. The van der Waals surface area contributed by atoms with Crippen molar-refractivity contribution >= 4 is 11.8 Å². The third-order valence-corrected chi connectivity index (χ3v) is 17.0. The Labute approximate surface area is 309 Å². The maximum Gasteiger partial charge on any atom is 0.232 e. The van der Waals surface area contributed by atoms with Crippen LogP contribution in [-0.2, 0) is 19.1 Å². The molecule has 4 aliphatic carbocycles. The van der Waals surface area contributed by atoms with Crippen LogP contribution in [0.4, 0.5) is 0 Å². The fourth-order valence-corrected chi connectivity index (χ4v) is 14.3. The molecule has 0 aromatic heterocycles. The molecule has 0 aromatic rings. The van der Waals surface area contributed by atoms with Gasteiger partial charge in [0.15, 0.2) is 5.79 Å². The molecule has 4 saturated carbocycles. The summed E-state index contributed by atoms with van der Waals surface area (Å²) in [6.07, 6.45) is 15.0. The molecular formula is C43H72N4O4. The van der Waals surface area contributed by atoms with Crippen LogP contribution in [-0.4, -0.2) is 103 Å². The van der Waals surface area contributed by atoms with Crippen LogP contribution in [0, 0.1) is 58.2 Å². The van der Waals surface area contributed by atoms with E-state index >= 15 is 0 Å². The Hall–Kier alpha value is -1.22. The minimum atomic E-state index is -0.330. The number of fused-ring (bicyclic) bond motifs is 7. The highest BCUT2D eigenvalue weighted by atomic mass is 16.7. The van der Waals surface area contributed by atoms with Gasteiger partial charge in [-0.15, -0.1) is 0 Å². The van der Waals surface area contributed by atoms with E-state index in [1.54, 1.807) is 0 Å². The lowest BCUT2D eigenvalue weighted by Crippen LogP contribution is -2.56. The van der Waals surface area contributed by atoms with Gasteiger partial charge in [-0.1, -0.05) is 41.5 Å². The van der Waals surface area contributed by atoms with Gasteiger partial charge >= 0.3 is 0 Å². The summed E-state index contributed by atoms with van der Waals surface area (Å²) >= 11 is 0. The summed E-state index contributed by atoms with van der Waals surface area (Å²) in [6, 6.07) is 0.851. The molecular weight excluding hydrogens is 636 g/mol. The fraction of sp³-hybridized carbons (Fsp3) is 0.953. The Morgan fingerprint density at radius 3 is 2.27 bits per heavy atom. The minimum absolute atomic E-state index is 0.00512. The van der Waals surface area contributed by atoms with Crippen molar-refractivity contribution < 1.29 is 19.1 Å². The van der Waals surface area contributed by atoms with Gasteiger partial charge in [-0.3, -0.25) is 14.5 Å². The number of nitrogens with zero attached hydrogens (tertiary/aromatic N) is 3. The van der Waals surface area contributed by atoms with E-state index in [0.29, 0.717) is 46.6 Å². The average Bonchev–Trinajstić information content (AvgIpc) is 3.55. The number of carbonyl (C=O) groups is 2. The Bertz CT molecular complexity index is 1270. The predicted molar refractivity (Wildman–Crippen MR) is 201 cm³/mol. The van der Waals surface area contributed by atoms with Gasteiger partial charge in [-0.2, -0.15) is 0 Å². The first-order valence-corrected chi connectivity index (χ1v) is 21.7. The van der Waals surface area contributed by atoms with Crippen LogP contribution in [0.2, 0.25) is 0 Å². The van der Waals surface area contributed by atoms with E-state index in [-0.39, 0.29) is 30.1 Å². The van der Waals surface area contributed by atoms with Crippen molar-refractivity contribution in [1.29, 1.82) is 0 Å². The first-order chi connectivity index (χ1) is 24.4. The minimum Gasteiger partial charge on any atom is -0.353 e. The molecule has 1 N–H and O–H groups in total. The molecule has 51 heavy (non-hydrogen) atoms. The van der Waals surface area contributed by atoms with Crippen LogP contribution in [0.3, 0.4) is 0 Å². The average molecular weight is 709 g/mol. The molecule has 288 valence electrons. The SMILES string of the molecule is CC(C)CN1CCC(N2CCN(C(=O)CC(=O)N[C@@H]3CC[C@]4(C)C5CC[C@]6(C)[C@@H]7[C@H](C[C@H]6[C@@H]5CC[C@@H]4C3)O[C@]3(CC[C@@H](C)CO3)[C@H]7C)CC2)CC1. The van der Waals surface area contributed by atoms with Gasteiger partial charge in [0.25, 0.3) is 0 Å². The number of hydrogen-bond acceptors (Lipinski definition) is 6. The van der Waals surface area contributed by atoms with Crippen LogP contribution >= 0.6 is 0 Å². The number of likely N-dealkylation sites (tertiary alicyclic amines) is 1. The monoisotopic (exact) mass is 709 g/mol. The van der Waals surface area contributed by atoms with Crippen molar-refractivity contribution in [2.75, 3.05) is 52.4 Å². The number of nitrogens with one attached hydrogen (secondary N) is 1. The number of piperidine rings is 1. The van der Waals surface area contributed by atoms with Crippen LogP contribution < -0.4 is 5.32 Å². The smallest absolute Gasteiger partial charge is 0.232 e. The first kappa shape index (κ1) is 36.7. The Kier molecular flexibility index (Phi) is 10.2. The second-order valence-electron chi connectivity index (χ2n) is 20.2. The van der Waals surface area contributed by atoms with E-state index in [1.165, 1.54) is 77.4 Å². The molecule has 0 bridgehead atoms. The highest BCUT2D eigenvalue weighted by Crippen LogP contribution is 2.71. The van der Waals surface area contributed by atoms with E-state index in [0.717, 1.165) is 75.7 Å². The largest absolute Gasteiger partial charge is 0.353 e. The maximum atomic E-state index is 13.3. The summed E-state index contributed by atoms with van der Waals surface area (Å²) in [5.41, 5.74) is 0.722. The van der Waals surface area contributed by atoms with Crippen molar-refractivity contribution in [2.24, 2.45) is 58.2 Å². The van der Waals surface area contributed by atoms with E-state index < -0.39 is 0 Å². The van der Waals surface area contributed by atoms with Crippen molar-refractivity contribution in [3.8, 4) is 0 Å². The van der Waals surface area contributed by atoms with Crippen molar-refractivity contribution in [1.82, 2.24) is 20.0 Å². The van der Waals surface area contributed by atoms with E-state index in [4.69, 9.17) is 9.47 Å². The van der Waals surface area contributed by atoms with Crippen LogP contribution in [0.25, 0.3) is 0 Å². The highest BCUT2D eigenvalue weighted by molar-refractivity contribution is 5.97. The molecule has 0 radical (unpaired) electrons. The van der Waals surface area contributed by atoms with Gasteiger partial charge in [0.2, 0.25) is 11.8 Å². The van der Waals surface area contributed by atoms with Crippen molar-refractivity contribution in [3.05, 3.63) is 0 Å². The lowest BCUT2D eigenvalue weighted by molar-refractivity contribution is -0.273. The molecule has 4 aliphatic heterocycles. The summed E-state index contributed by atoms with van der Waals surface area (Å²) in [5.74, 6) is 5.11. The second kappa shape index (κ2) is 14.1. The number of piperazine rings is 1. The number of carbonyl (C=O) groups excluding carboxylic acids is 2. The fourth-order valence-electron chi connectivity index (χ4n) is 14.3. The molecule has 12 atom stereocenters. The summed E-state index contributed by atoms with van der Waals surface area (Å²) in [6.45, 7) is 22.5. The zero-order valence-electron chi connectivity index (χ0n) is 33.2. The van der Waals surface area contributed by atoms with E-state index in [9.17, 15) is 9.59 Å². The van der Waals surface area contributed by atoms with Gasteiger partial charge < -0.3 is 24.6 Å².